The van der Waals surface area contributed by atoms with E-state index in [1.54, 1.807) is 6.07 Å². The van der Waals surface area contributed by atoms with E-state index in [1.165, 1.54) is 0 Å². The number of alkyl halides is 1. The highest BCUT2D eigenvalue weighted by Gasteiger charge is 2.46. The van der Waals surface area contributed by atoms with Gasteiger partial charge in [0.1, 0.15) is 0 Å². The highest BCUT2D eigenvalue weighted by Crippen LogP contribution is 2.51. The molecule has 0 radical (unpaired) electrons. The summed E-state index contributed by atoms with van der Waals surface area (Å²) in [4.78, 5) is 3.64. The Morgan fingerprint density at radius 2 is 2.05 bits per heavy atom. The molecule has 1 aliphatic rings. The summed E-state index contributed by atoms with van der Waals surface area (Å²) in [6, 6.07) is 5.51. The Kier molecular flexibility index (Phi) is 4.82. The monoisotopic (exact) mass is 326 g/mol. The molecule has 1 aromatic rings. The third-order valence-corrected chi connectivity index (χ3v) is 4.60. The predicted octanol–water partition coefficient (Wildman–Crippen LogP) is 5.53. The van der Waals surface area contributed by atoms with Crippen LogP contribution in [0.1, 0.15) is 42.9 Å². The minimum absolute atomic E-state index is 0.327. The lowest BCUT2D eigenvalue weighted by atomic mass is 9.92. The van der Waals surface area contributed by atoms with Crippen LogP contribution in [0.2, 0.25) is 10.0 Å². The second-order valence-corrected chi connectivity index (χ2v) is 6.22. The molecule has 0 spiro atoms. The van der Waals surface area contributed by atoms with Crippen LogP contribution in [0.4, 0.5) is 0 Å². The van der Waals surface area contributed by atoms with Crippen LogP contribution in [0.5, 0.6) is 0 Å². The van der Waals surface area contributed by atoms with Crippen LogP contribution in [-0.4, -0.2) is 5.88 Å². The number of nitriles is 1. The van der Waals surface area contributed by atoms with Gasteiger partial charge in [0.25, 0.3) is 0 Å². The molecule has 0 heterocycles. The van der Waals surface area contributed by atoms with E-state index in [4.69, 9.17) is 41.4 Å². The molecular formula is C15H13Cl3N2. The normalized spacial score (nSPS) is 17.1. The molecule has 2 nitrogen and oxygen atoms in total. The number of benzene rings is 1. The zero-order valence-corrected chi connectivity index (χ0v) is 13.1. The van der Waals surface area contributed by atoms with Crippen molar-refractivity contribution in [1.29, 1.82) is 5.26 Å². The van der Waals surface area contributed by atoms with Crippen molar-refractivity contribution in [3.63, 3.8) is 0 Å². The minimum Gasteiger partial charge on any atom is -0.308 e. The van der Waals surface area contributed by atoms with E-state index in [0.717, 1.165) is 30.4 Å². The molecule has 1 saturated carbocycles. The number of rotatable bonds is 5. The Morgan fingerprint density at radius 1 is 1.35 bits per heavy atom. The molecule has 2 rings (SSSR count). The Morgan fingerprint density at radius 3 is 2.55 bits per heavy atom. The third kappa shape index (κ3) is 2.89. The van der Waals surface area contributed by atoms with Crippen molar-refractivity contribution >= 4 is 34.8 Å². The van der Waals surface area contributed by atoms with Crippen molar-refractivity contribution < 1.29 is 0 Å². The maximum absolute atomic E-state index is 9.31. The van der Waals surface area contributed by atoms with Crippen molar-refractivity contribution in [2.24, 2.45) is 0 Å². The molecule has 1 aliphatic carbocycles. The topological polar surface area (TPSA) is 28.1 Å². The molecular weight excluding hydrogens is 315 g/mol. The standard InChI is InChI=1S/C15H13Cl3N2/c1-20-14(3-2-6-16)10-7-11(13(18)8-12(10)17)15(9-19)4-5-15/h7-8,14H,2-6H2. The first-order chi connectivity index (χ1) is 9.57. The molecule has 104 valence electrons. The minimum atomic E-state index is -0.477. The summed E-state index contributed by atoms with van der Waals surface area (Å²) in [5.41, 5.74) is 1.09. The molecule has 20 heavy (non-hydrogen) atoms. The fraction of sp³-hybridized carbons (Fsp3) is 0.467. The van der Waals surface area contributed by atoms with Crippen LogP contribution in [0, 0.1) is 17.9 Å². The van der Waals surface area contributed by atoms with Crippen LogP contribution in [0.15, 0.2) is 12.1 Å². The fourth-order valence-electron chi connectivity index (χ4n) is 2.31. The number of hydrogen-bond donors (Lipinski definition) is 0. The van der Waals surface area contributed by atoms with Crippen molar-refractivity contribution in [3.05, 3.63) is 44.7 Å². The molecule has 0 aliphatic heterocycles. The number of halogens is 3. The van der Waals surface area contributed by atoms with Gasteiger partial charge in [0.05, 0.1) is 22.1 Å². The van der Waals surface area contributed by atoms with Gasteiger partial charge in [-0.05, 0) is 37.0 Å². The fourth-order valence-corrected chi connectivity index (χ4v) is 3.16. The summed E-state index contributed by atoms with van der Waals surface area (Å²) in [7, 11) is 0. The van der Waals surface area contributed by atoms with E-state index in [-0.39, 0.29) is 6.04 Å². The lowest BCUT2D eigenvalue weighted by Crippen LogP contribution is -2.06. The van der Waals surface area contributed by atoms with E-state index in [2.05, 4.69) is 10.9 Å². The van der Waals surface area contributed by atoms with Crippen LogP contribution < -0.4 is 0 Å². The second kappa shape index (κ2) is 6.23. The van der Waals surface area contributed by atoms with E-state index in [0.29, 0.717) is 22.3 Å². The zero-order chi connectivity index (χ0) is 14.8. The van der Waals surface area contributed by atoms with Crippen LogP contribution in [0.3, 0.4) is 0 Å². The van der Waals surface area contributed by atoms with Gasteiger partial charge in [0.15, 0.2) is 0 Å². The molecule has 0 bridgehead atoms. The molecule has 0 aromatic heterocycles. The van der Waals surface area contributed by atoms with Crippen molar-refractivity contribution in [2.45, 2.75) is 37.1 Å². The Bertz CT molecular complexity index is 594. The van der Waals surface area contributed by atoms with E-state index < -0.39 is 5.41 Å². The molecule has 1 unspecified atom stereocenters. The van der Waals surface area contributed by atoms with Crippen molar-refractivity contribution in [3.8, 4) is 6.07 Å². The largest absolute Gasteiger partial charge is 0.308 e. The second-order valence-electron chi connectivity index (χ2n) is 5.02. The molecule has 1 aromatic carbocycles. The van der Waals surface area contributed by atoms with Gasteiger partial charge < -0.3 is 4.85 Å². The van der Waals surface area contributed by atoms with Crippen LogP contribution in [-0.2, 0) is 5.41 Å². The highest BCUT2D eigenvalue weighted by atomic mass is 35.5. The maximum Gasteiger partial charge on any atom is 0.250 e. The number of nitrogens with zero attached hydrogens (tertiary/aromatic N) is 2. The van der Waals surface area contributed by atoms with Crippen molar-refractivity contribution in [2.75, 3.05) is 5.88 Å². The van der Waals surface area contributed by atoms with E-state index in [1.807, 2.05) is 6.07 Å². The first-order valence-electron chi connectivity index (χ1n) is 6.41. The lowest BCUT2D eigenvalue weighted by molar-refractivity contribution is 0.715. The number of hydrogen-bond acceptors (Lipinski definition) is 1. The van der Waals surface area contributed by atoms with Gasteiger partial charge in [0.2, 0.25) is 6.04 Å². The molecule has 5 heteroatoms. The summed E-state index contributed by atoms with van der Waals surface area (Å²) in [6.45, 7) is 7.34. The summed E-state index contributed by atoms with van der Waals surface area (Å²) in [6.07, 6.45) is 3.04. The first-order valence-corrected chi connectivity index (χ1v) is 7.70. The summed E-state index contributed by atoms with van der Waals surface area (Å²) in [5.74, 6) is 0.520. The summed E-state index contributed by atoms with van der Waals surface area (Å²) < 4.78 is 0. The zero-order valence-electron chi connectivity index (χ0n) is 10.8. The molecule has 1 fully saturated rings. The van der Waals surface area contributed by atoms with Gasteiger partial charge in [0, 0.05) is 17.3 Å². The molecule has 0 amide bonds. The Labute approximate surface area is 134 Å². The first kappa shape index (κ1) is 15.5. The predicted molar refractivity (Wildman–Crippen MR) is 82.3 cm³/mol. The summed E-state index contributed by atoms with van der Waals surface area (Å²) >= 11 is 18.1. The van der Waals surface area contributed by atoms with Gasteiger partial charge in [-0.15, -0.1) is 11.6 Å². The van der Waals surface area contributed by atoms with Gasteiger partial charge in [-0.3, -0.25) is 0 Å². The average molecular weight is 328 g/mol. The molecule has 0 saturated heterocycles. The lowest BCUT2D eigenvalue weighted by Gasteiger charge is -2.14. The van der Waals surface area contributed by atoms with Crippen molar-refractivity contribution in [1.82, 2.24) is 0 Å². The quantitative estimate of drug-likeness (QED) is 0.516. The SMILES string of the molecule is [C-]#[N+]C(CCCCl)c1cc(C2(C#N)CC2)c(Cl)cc1Cl. The van der Waals surface area contributed by atoms with Crippen LogP contribution in [0.25, 0.3) is 4.85 Å². The van der Waals surface area contributed by atoms with Gasteiger partial charge in [-0.25, -0.2) is 6.57 Å². The molecule has 1 atom stereocenters. The molecule has 0 N–H and O–H groups in total. The average Bonchev–Trinajstić information content (AvgIpc) is 3.22. The maximum atomic E-state index is 9.31. The Balaban J connectivity index is 2.42. The van der Waals surface area contributed by atoms with Gasteiger partial charge in [-0.2, -0.15) is 5.26 Å². The Hall–Kier alpha value is -0.930. The van der Waals surface area contributed by atoms with Crippen LogP contribution >= 0.6 is 34.8 Å². The van der Waals surface area contributed by atoms with E-state index in [9.17, 15) is 5.26 Å². The van der Waals surface area contributed by atoms with E-state index >= 15 is 0 Å². The third-order valence-electron chi connectivity index (χ3n) is 3.69. The van der Waals surface area contributed by atoms with Gasteiger partial charge in [-0.1, -0.05) is 23.2 Å². The smallest absolute Gasteiger partial charge is 0.250 e. The summed E-state index contributed by atoms with van der Waals surface area (Å²) in [5, 5.41) is 10.3. The highest BCUT2D eigenvalue weighted by molar-refractivity contribution is 6.35. The van der Waals surface area contributed by atoms with Gasteiger partial charge >= 0.3 is 0 Å².